The van der Waals surface area contributed by atoms with Gasteiger partial charge in [-0.25, -0.2) is 4.79 Å². The van der Waals surface area contributed by atoms with Crippen LogP contribution in [0.15, 0.2) is 48.5 Å². The Kier molecular flexibility index (Phi) is 7.23. The van der Waals surface area contributed by atoms with Crippen LogP contribution in [-0.2, 0) is 14.3 Å². The van der Waals surface area contributed by atoms with Gasteiger partial charge in [0, 0.05) is 18.9 Å². The van der Waals surface area contributed by atoms with E-state index in [1.54, 1.807) is 11.8 Å². The minimum absolute atomic E-state index is 0.0275. The fourth-order valence-electron chi connectivity index (χ4n) is 4.64. The molecule has 0 bridgehead atoms. The molecule has 33 heavy (non-hydrogen) atoms. The summed E-state index contributed by atoms with van der Waals surface area (Å²) < 4.78 is 5.70. The molecule has 2 amide bonds. The molecule has 1 saturated heterocycles. The number of carboxylic acids is 1. The molecule has 0 saturated carbocycles. The SMILES string of the molecule is O=C(O)CCNC(=O)CC1(NC(=O)OCC2c3ccccc3-c3ccccc32)CCSCC1. The first-order chi connectivity index (χ1) is 16.0. The molecule has 2 aromatic rings. The maximum atomic E-state index is 12.8. The summed E-state index contributed by atoms with van der Waals surface area (Å²) in [5.41, 5.74) is 3.95. The highest BCUT2D eigenvalue weighted by atomic mass is 32.2. The van der Waals surface area contributed by atoms with Gasteiger partial charge in [0.05, 0.1) is 12.0 Å². The third-order valence-corrected chi connectivity index (χ3v) is 7.31. The zero-order chi connectivity index (χ0) is 23.3. The van der Waals surface area contributed by atoms with Crippen LogP contribution in [0.5, 0.6) is 0 Å². The lowest BCUT2D eigenvalue weighted by Gasteiger charge is -2.37. The Balaban J connectivity index is 1.39. The third-order valence-electron chi connectivity index (χ3n) is 6.32. The number of amides is 2. The number of nitrogens with one attached hydrogen (secondary N) is 2. The lowest BCUT2D eigenvalue weighted by atomic mass is 9.88. The van der Waals surface area contributed by atoms with E-state index in [9.17, 15) is 14.4 Å². The molecule has 1 aliphatic carbocycles. The smallest absolute Gasteiger partial charge is 0.407 e. The van der Waals surface area contributed by atoms with E-state index in [-0.39, 0.29) is 37.8 Å². The van der Waals surface area contributed by atoms with Crippen molar-refractivity contribution in [1.29, 1.82) is 0 Å². The van der Waals surface area contributed by atoms with Gasteiger partial charge in [0.15, 0.2) is 0 Å². The molecule has 4 rings (SSSR count). The molecule has 0 unspecified atom stereocenters. The molecule has 1 aliphatic heterocycles. The van der Waals surface area contributed by atoms with Crippen LogP contribution in [0.1, 0.15) is 42.7 Å². The highest BCUT2D eigenvalue weighted by Crippen LogP contribution is 2.44. The molecule has 1 fully saturated rings. The van der Waals surface area contributed by atoms with Gasteiger partial charge in [0.1, 0.15) is 6.61 Å². The molecule has 0 radical (unpaired) electrons. The quantitative estimate of drug-likeness (QED) is 0.545. The Labute approximate surface area is 197 Å². The zero-order valence-corrected chi connectivity index (χ0v) is 19.2. The summed E-state index contributed by atoms with van der Waals surface area (Å²) in [5, 5.41) is 14.4. The van der Waals surface area contributed by atoms with E-state index in [1.165, 1.54) is 11.1 Å². The number of carbonyl (C=O) groups excluding carboxylic acids is 2. The summed E-state index contributed by atoms with van der Waals surface area (Å²) in [6, 6.07) is 16.3. The first kappa shape index (κ1) is 23.2. The standard InChI is InChI=1S/C25H28N2O5S/c28-22(26-12-9-23(29)30)15-25(10-13-33-14-11-25)27-24(31)32-16-21-19-7-3-1-5-17(19)18-6-2-4-8-20(18)21/h1-8,21H,9-16H2,(H,26,28)(H,27,31)(H,29,30). The number of benzene rings is 2. The van der Waals surface area contributed by atoms with E-state index in [2.05, 4.69) is 34.9 Å². The lowest BCUT2D eigenvalue weighted by Crippen LogP contribution is -2.53. The average Bonchev–Trinajstić information content (AvgIpc) is 3.11. The van der Waals surface area contributed by atoms with Crippen LogP contribution in [0.3, 0.4) is 0 Å². The third kappa shape index (κ3) is 5.50. The Morgan fingerprint density at radius 1 is 1.00 bits per heavy atom. The number of carboxylic acid groups (broad SMARTS) is 1. The number of rotatable bonds is 8. The minimum atomic E-state index is -0.962. The van der Waals surface area contributed by atoms with E-state index in [0.29, 0.717) is 12.8 Å². The molecule has 0 spiro atoms. The number of hydrogen-bond acceptors (Lipinski definition) is 5. The van der Waals surface area contributed by atoms with Gasteiger partial charge in [0.2, 0.25) is 5.91 Å². The molecule has 0 atom stereocenters. The van der Waals surface area contributed by atoms with E-state index in [4.69, 9.17) is 9.84 Å². The van der Waals surface area contributed by atoms with Gasteiger partial charge in [-0.3, -0.25) is 9.59 Å². The number of fused-ring (bicyclic) bond motifs is 3. The van der Waals surface area contributed by atoms with Crippen molar-refractivity contribution >= 4 is 29.7 Å². The fourth-order valence-corrected chi connectivity index (χ4v) is 5.91. The number of thioether (sulfide) groups is 1. The number of aliphatic carboxylic acids is 1. The van der Waals surface area contributed by atoms with E-state index in [0.717, 1.165) is 22.6 Å². The number of hydrogen-bond donors (Lipinski definition) is 3. The van der Waals surface area contributed by atoms with Crippen molar-refractivity contribution in [2.45, 2.75) is 37.1 Å². The fraction of sp³-hybridized carbons (Fsp3) is 0.400. The van der Waals surface area contributed by atoms with Crippen molar-refractivity contribution in [2.24, 2.45) is 0 Å². The summed E-state index contributed by atoms with van der Waals surface area (Å²) in [5.74, 6) is 0.427. The van der Waals surface area contributed by atoms with Crippen LogP contribution < -0.4 is 10.6 Å². The summed E-state index contributed by atoms with van der Waals surface area (Å²) in [7, 11) is 0. The predicted octanol–water partition coefficient (Wildman–Crippen LogP) is 3.77. The lowest BCUT2D eigenvalue weighted by molar-refractivity contribution is -0.136. The van der Waals surface area contributed by atoms with Crippen molar-refractivity contribution in [3.05, 3.63) is 59.7 Å². The van der Waals surface area contributed by atoms with Gasteiger partial charge >= 0.3 is 12.1 Å². The van der Waals surface area contributed by atoms with E-state index < -0.39 is 17.6 Å². The second-order valence-electron chi connectivity index (χ2n) is 8.51. The molecule has 1 heterocycles. The van der Waals surface area contributed by atoms with Crippen molar-refractivity contribution in [2.75, 3.05) is 24.7 Å². The van der Waals surface area contributed by atoms with Crippen LogP contribution in [0.4, 0.5) is 4.79 Å². The topological polar surface area (TPSA) is 105 Å². The summed E-state index contributed by atoms with van der Waals surface area (Å²) >= 11 is 1.79. The summed E-state index contributed by atoms with van der Waals surface area (Å²) in [4.78, 5) is 35.9. The first-order valence-corrected chi connectivity index (χ1v) is 12.3. The predicted molar refractivity (Wildman–Crippen MR) is 127 cm³/mol. The molecule has 7 nitrogen and oxygen atoms in total. The number of carbonyl (C=O) groups is 3. The minimum Gasteiger partial charge on any atom is -0.481 e. The summed E-state index contributed by atoms with van der Waals surface area (Å²) in [6.45, 7) is 0.291. The largest absolute Gasteiger partial charge is 0.481 e. The van der Waals surface area contributed by atoms with Crippen LogP contribution in [-0.4, -0.2) is 53.3 Å². The van der Waals surface area contributed by atoms with Crippen LogP contribution >= 0.6 is 11.8 Å². The van der Waals surface area contributed by atoms with Gasteiger partial charge < -0.3 is 20.5 Å². The molecule has 174 valence electrons. The molecule has 2 aliphatic rings. The molecule has 0 aromatic heterocycles. The van der Waals surface area contributed by atoms with Gasteiger partial charge in [-0.15, -0.1) is 0 Å². The summed E-state index contributed by atoms with van der Waals surface area (Å²) in [6.07, 6.45) is 0.774. The monoisotopic (exact) mass is 468 g/mol. The zero-order valence-electron chi connectivity index (χ0n) is 18.3. The molecular weight excluding hydrogens is 440 g/mol. The molecule has 8 heteroatoms. The van der Waals surface area contributed by atoms with Crippen LogP contribution in [0.25, 0.3) is 11.1 Å². The van der Waals surface area contributed by atoms with E-state index >= 15 is 0 Å². The van der Waals surface area contributed by atoms with Crippen molar-refractivity contribution in [1.82, 2.24) is 10.6 Å². The Morgan fingerprint density at radius 2 is 1.61 bits per heavy atom. The van der Waals surface area contributed by atoms with Crippen molar-refractivity contribution in [3.8, 4) is 11.1 Å². The molecule has 3 N–H and O–H groups in total. The molecule has 2 aromatic carbocycles. The second kappa shape index (κ2) is 10.3. The van der Waals surface area contributed by atoms with Gasteiger partial charge in [0.25, 0.3) is 0 Å². The van der Waals surface area contributed by atoms with E-state index in [1.807, 2.05) is 24.3 Å². The van der Waals surface area contributed by atoms with Gasteiger partial charge in [-0.05, 0) is 46.6 Å². The number of ether oxygens (including phenoxy) is 1. The maximum absolute atomic E-state index is 12.8. The Morgan fingerprint density at radius 3 is 2.21 bits per heavy atom. The Bertz CT molecular complexity index is 989. The van der Waals surface area contributed by atoms with Crippen molar-refractivity contribution in [3.63, 3.8) is 0 Å². The van der Waals surface area contributed by atoms with Gasteiger partial charge in [-0.2, -0.15) is 11.8 Å². The Hall–Kier alpha value is -3.00. The first-order valence-electron chi connectivity index (χ1n) is 11.2. The normalized spacial score (nSPS) is 16.4. The average molecular weight is 469 g/mol. The van der Waals surface area contributed by atoms with Gasteiger partial charge in [-0.1, -0.05) is 48.5 Å². The highest BCUT2D eigenvalue weighted by molar-refractivity contribution is 7.99. The van der Waals surface area contributed by atoms with Crippen LogP contribution in [0.2, 0.25) is 0 Å². The maximum Gasteiger partial charge on any atom is 0.407 e. The second-order valence-corrected chi connectivity index (χ2v) is 9.74. The van der Waals surface area contributed by atoms with Crippen LogP contribution in [0, 0.1) is 0 Å². The highest BCUT2D eigenvalue weighted by Gasteiger charge is 2.37. The number of alkyl carbamates (subject to hydrolysis) is 1. The van der Waals surface area contributed by atoms with Crippen molar-refractivity contribution < 1.29 is 24.2 Å². The molecular formula is C25H28N2O5S.